The van der Waals surface area contributed by atoms with Crippen LogP contribution in [0, 0.1) is 6.92 Å². The molecule has 1 aliphatic rings. The van der Waals surface area contributed by atoms with Gasteiger partial charge in [0.2, 0.25) is 0 Å². The highest BCUT2D eigenvalue weighted by Crippen LogP contribution is 2.36. The van der Waals surface area contributed by atoms with Gasteiger partial charge >= 0.3 is 5.69 Å². The average Bonchev–Trinajstić information content (AvgIpc) is 2.85. The van der Waals surface area contributed by atoms with Gasteiger partial charge in [0.1, 0.15) is 0 Å². The van der Waals surface area contributed by atoms with Crippen LogP contribution in [0.15, 0.2) is 40.1 Å². The van der Waals surface area contributed by atoms with Crippen molar-refractivity contribution >= 4 is 10.9 Å². The third kappa shape index (κ3) is 2.95. The van der Waals surface area contributed by atoms with Crippen molar-refractivity contribution in [2.24, 2.45) is 14.1 Å². The Hall–Kier alpha value is -2.56. The fraction of sp³-hybridized carbons (Fsp3) is 0.455. The Morgan fingerprint density at radius 1 is 0.963 bits per heavy atom. The molecule has 0 unspecified atom stereocenters. The molecule has 1 fully saturated rings. The van der Waals surface area contributed by atoms with E-state index in [0.29, 0.717) is 11.4 Å². The molecule has 142 valence electrons. The second kappa shape index (κ2) is 6.87. The molecule has 2 aromatic heterocycles. The van der Waals surface area contributed by atoms with Crippen molar-refractivity contribution < 1.29 is 0 Å². The van der Waals surface area contributed by atoms with E-state index in [2.05, 4.69) is 29.7 Å². The highest BCUT2D eigenvalue weighted by molar-refractivity contribution is 5.93. The molecule has 0 amide bonds. The van der Waals surface area contributed by atoms with E-state index < -0.39 is 0 Å². The van der Waals surface area contributed by atoms with Gasteiger partial charge in [-0.25, -0.2) is 4.79 Å². The molecule has 0 radical (unpaired) electrons. The lowest BCUT2D eigenvalue weighted by Gasteiger charge is -2.20. The van der Waals surface area contributed by atoms with Crippen molar-refractivity contribution in [2.45, 2.75) is 51.5 Å². The van der Waals surface area contributed by atoms with Crippen LogP contribution >= 0.6 is 0 Å². The van der Waals surface area contributed by atoms with Crippen molar-refractivity contribution in [3.63, 3.8) is 0 Å². The zero-order chi connectivity index (χ0) is 19.1. The van der Waals surface area contributed by atoms with Gasteiger partial charge < -0.3 is 4.57 Å². The van der Waals surface area contributed by atoms with Gasteiger partial charge in [-0.05, 0) is 31.4 Å². The van der Waals surface area contributed by atoms with Crippen molar-refractivity contribution in [2.75, 3.05) is 0 Å². The lowest BCUT2D eigenvalue weighted by molar-refractivity contribution is 0.450. The van der Waals surface area contributed by atoms with E-state index in [1.54, 1.807) is 18.7 Å². The van der Waals surface area contributed by atoms with Crippen LogP contribution in [0.5, 0.6) is 0 Å². The van der Waals surface area contributed by atoms with Gasteiger partial charge in [-0.1, -0.05) is 49.4 Å². The molecule has 4 rings (SSSR count). The molecule has 3 aromatic rings. The fourth-order valence-corrected chi connectivity index (χ4v) is 4.47. The van der Waals surface area contributed by atoms with E-state index in [1.807, 2.05) is 12.3 Å². The SMILES string of the molecule is Cc1cccc(-c2c3c(=O)n(C)c(=O)n(C)c3cn2C2CCCCCC2)c1. The minimum Gasteiger partial charge on any atom is -0.342 e. The molecule has 0 N–H and O–H groups in total. The summed E-state index contributed by atoms with van der Waals surface area (Å²) >= 11 is 0. The summed E-state index contributed by atoms with van der Waals surface area (Å²) in [6.45, 7) is 2.07. The van der Waals surface area contributed by atoms with Crippen molar-refractivity contribution in [3.8, 4) is 11.3 Å². The highest BCUT2D eigenvalue weighted by Gasteiger charge is 2.24. The van der Waals surface area contributed by atoms with Gasteiger partial charge in [0.15, 0.2) is 0 Å². The largest absolute Gasteiger partial charge is 0.342 e. The lowest BCUT2D eigenvalue weighted by Crippen LogP contribution is -2.36. The molecule has 1 aromatic carbocycles. The maximum atomic E-state index is 13.1. The fourth-order valence-electron chi connectivity index (χ4n) is 4.47. The number of fused-ring (bicyclic) bond motifs is 1. The monoisotopic (exact) mass is 365 g/mol. The third-order valence-corrected chi connectivity index (χ3v) is 5.98. The third-order valence-electron chi connectivity index (χ3n) is 5.98. The topological polar surface area (TPSA) is 48.9 Å². The summed E-state index contributed by atoms with van der Waals surface area (Å²) in [6, 6.07) is 8.67. The van der Waals surface area contributed by atoms with Gasteiger partial charge in [-0.15, -0.1) is 0 Å². The molecular weight excluding hydrogens is 338 g/mol. The Bertz CT molecular complexity index is 1110. The Kier molecular flexibility index (Phi) is 4.54. The van der Waals surface area contributed by atoms with E-state index in [-0.39, 0.29) is 11.2 Å². The second-order valence-corrected chi connectivity index (χ2v) is 7.87. The molecule has 0 atom stereocenters. The number of hydrogen-bond acceptors (Lipinski definition) is 2. The predicted octanol–water partition coefficient (Wildman–Crippen LogP) is 3.91. The van der Waals surface area contributed by atoms with Crippen LogP contribution in [0.25, 0.3) is 22.2 Å². The maximum absolute atomic E-state index is 13.1. The summed E-state index contributed by atoms with van der Waals surface area (Å²) in [7, 11) is 3.31. The molecule has 5 heteroatoms. The molecule has 27 heavy (non-hydrogen) atoms. The van der Waals surface area contributed by atoms with Crippen LogP contribution < -0.4 is 11.2 Å². The molecule has 5 nitrogen and oxygen atoms in total. The Labute approximate surface area is 158 Å². The first kappa shape index (κ1) is 17.8. The summed E-state index contributed by atoms with van der Waals surface area (Å²) in [5, 5.41) is 0.648. The van der Waals surface area contributed by atoms with Crippen molar-refractivity contribution in [1.29, 1.82) is 0 Å². The van der Waals surface area contributed by atoms with E-state index in [1.165, 1.54) is 30.3 Å². The lowest BCUT2D eigenvalue weighted by atomic mass is 10.0. The molecule has 0 spiro atoms. The van der Waals surface area contributed by atoms with Gasteiger partial charge in [-0.2, -0.15) is 0 Å². The van der Waals surface area contributed by atoms with Crippen LogP contribution in [-0.2, 0) is 14.1 Å². The summed E-state index contributed by atoms with van der Waals surface area (Å²) < 4.78 is 5.11. The van der Waals surface area contributed by atoms with Crippen LogP contribution in [-0.4, -0.2) is 13.7 Å². The molecule has 0 bridgehead atoms. The normalized spacial score (nSPS) is 16.0. The summed E-state index contributed by atoms with van der Waals surface area (Å²) in [5.41, 5.74) is 3.40. The minimum absolute atomic E-state index is 0.211. The first-order valence-electron chi connectivity index (χ1n) is 9.86. The number of benzene rings is 1. The maximum Gasteiger partial charge on any atom is 0.330 e. The van der Waals surface area contributed by atoms with Crippen LogP contribution in [0.4, 0.5) is 0 Å². The molecular formula is C22H27N3O2. The Morgan fingerprint density at radius 2 is 1.67 bits per heavy atom. The minimum atomic E-state index is -0.277. The van der Waals surface area contributed by atoms with E-state index in [4.69, 9.17) is 0 Å². The first-order valence-corrected chi connectivity index (χ1v) is 9.86. The number of nitrogens with zero attached hydrogens (tertiary/aromatic N) is 3. The van der Waals surface area contributed by atoms with Gasteiger partial charge in [0.05, 0.1) is 16.6 Å². The summed E-state index contributed by atoms with van der Waals surface area (Å²) in [4.78, 5) is 25.5. The van der Waals surface area contributed by atoms with E-state index in [0.717, 1.165) is 35.2 Å². The van der Waals surface area contributed by atoms with Gasteiger partial charge in [-0.3, -0.25) is 13.9 Å². The first-order chi connectivity index (χ1) is 13.0. The Balaban J connectivity index is 2.09. The molecule has 1 saturated carbocycles. The van der Waals surface area contributed by atoms with Crippen LogP contribution in [0.1, 0.15) is 50.1 Å². The number of aryl methyl sites for hydroxylation is 2. The highest BCUT2D eigenvalue weighted by atomic mass is 16.2. The smallest absolute Gasteiger partial charge is 0.330 e. The number of rotatable bonds is 2. The Morgan fingerprint density at radius 3 is 2.33 bits per heavy atom. The van der Waals surface area contributed by atoms with Gasteiger partial charge in [0.25, 0.3) is 5.56 Å². The number of hydrogen-bond donors (Lipinski definition) is 0. The van der Waals surface area contributed by atoms with Crippen molar-refractivity contribution in [1.82, 2.24) is 13.7 Å². The van der Waals surface area contributed by atoms with Gasteiger partial charge in [0, 0.05) is 26.3 Å². The van der Waals surface area contributed by atoms with Crippen LogP contribution in [0.3, 0.4) is 0 Å². The molecule has 1 aliphatic carbocycles. The summed E-state index contributed by atoms with van der Waals surface area (Å²) in [5.74, 6) is 0. The molecule has 2 heterocycles. The average molecular weight is 365 g/mol. The second-order valence-electron chi connectivity index (χ2n) is 7.87. The van der Waals surface area contributed by atoms with E-state index >= 15 is 0 Å². The quantitative estimate of drug-likeness (QED) is 0.647. The molecule has 0 aliphatic heterocycles. The summed E-state index contributed by atoms with van der Waals surface area (Å²) in [6.07, 6.45) is 9.25. The van der Waals surface area contributed by atoms with Crippen molar-refractivity contribution in [3.05, 3.63) is 56.9 Å². The molecule has 0 saturated heterocycles. The van der Waals surface area contributed by atoms with E-state index in [9.17, 15) is 9.59 Å². The predicted molar refractivity (Wildman–Crippen MR) is 109 cm³/mol. The van der Waals surface area contributed by atoms with Crippen LogP contribution in [0.2, 0.25) is 0 Å². The zero-order valence-corrected chi connectivity index (χ0v) is 16.4. The zero-order valence-electron chi connectivity index (χ0n) is 16.4. The standard InChI is InChI=1S/C22H27N3O2/c1-15-9-8-10-16(13-15)20-19-18(23(2)22(27)24(3)21(19)26)14-25(20)17-11-6-4-5-7-12-17/h8-10,13-14,17H,4-7,11-12H2,1-3H3. The number of aromatic nitrogens is 3.